The fourth-order valence-corrected chi connectivity index (χ4v) is 3.42. The molecule has 0 bridgehead atoms. The molecule has 1 heterocycles. The van der Waals surface area contributed by atoms with E-state index in [4.69, 9.17) is 4.74 Å². The van der Waals surface area contributed by atoms with Gasteiger partial charge in [-0.3, -0.25) is 14.5 Å². The molecule has 1 fully saturated rings. The number of ether oxygens (including phenoxy) is 1. The number of imide groups is 1. The first kappa shape index (κ1) is 19.9. The molecule has 1 atom stereocenters. The van der Waals surface area contributed by atoms with Gasteiger partial charge in [0.05, 0.1) is 12.3 Å². The van der Waals surface area contributed by atoms with Gasteiger partial charge in [-0.25, -0.2) is 4.79 Å². The molecule has 0 radical (unpaired) electrons. The van der Waals surface area contributed by atoms with Crippen molar-refractivity contribution in [3.8, 4) is 5.75 Å². The molecule has 1 aliphatic rings. The van der Waals surface area contributed by atoms with Crippen molar-refractivity contribution in [2.24, 2.45) is 0 Å². The van der Waals surface area contributed by atoms with Crippen LogP contribution in [0.1, 0.15) is 19.4 Å². The van der Waals surface area contributed by atoms with Gasteiger partial charge in [0.25, 0.3) is 5.91 Å². The van der Waals surface area contributed by atoms with Crippen LogP contribution in [0, 0.1) is 0 Å². The van der Waals surface area contributed by atoms with Gasteiger partial charge in [-0.05, 0) is 43.7 Å². The predicted molar refractivity (Wildman–Crippen MR) is 108 cm³/mol. The number of rotatable bonds is 6. The highest BCUT2D eigenvalue weighted by Crippen LogP contribution is 2.30. The van der Waals surface area contributed by atoms with Crippen LogP contribution < -0.4 is 15.4 Å². The molecular formula is C20H20BrN3O4. The molecule has 8 heteroatoms. The second kappa shape index (κ2) is 8.02. The number of nitrogens with zero attached hydrogens (tertiary/aromatic N) is 1. The molecule has 0 spiro atoms. The second-order valence-corrected chi connectivity index (χ2v) is 7.35. The summed E-state index contributed by atoms with van der Waals surface area (Å²) in [6.45, 7) is 3.52. The third-order valence-electron chi connectivity index (χ3n) is 4.44. The highest BCUT2D eigenvalue weighted by atomic mass is 79.9. The average molecular weight is 446 g/mol. The minimum Gasteiger partial charge on any atom is -0.492 e. The molecule has 7 nitrogen and oxygen atoms in total. The van der Waals surface area contributed by atoms with Gasteiger partial charge in [0.2, 0.25) is 5.91 Å². The van der Waals surface area contributed by atoms with Gasteiger partial charge in [-0.2, -0.15) is 0 Å². The van der Waals surface area contributed by atoms with Crippen molar-refractivity contribution in [3.63, 3.8) is 0 Å². The molecule has 4 amide bonds. The summed E-state index contributed by atoms with van der Waals surface area (Å²) in [5.41, 5.74) is -0.120. The molecule has 1 aliphatic heterocycles. The molecule has 3 rings (SSSR count). The van der Waals surface area contributed by atoms with E-state index < -0.39 is 29.9 Å². The van der Waals surface area contributed by atoms with Gasteiger partial charge in [0, 0.05) is 4.47 Å². The van der Waals surface area contributed by atoms with Crippen molar-refractivity contribution in [2.75, 3.05) is 18.5 Å². The third kappa shape index (κ3) is 3.87. The van der Waals surface area contributed by atoms with Crippen LogP contribution in [-0.2, 0) is 15.1 Å². The number of carbonyl (C=O) groups is 3. The zero-order valence-corrected chi connectivity index (χ0v) is 17.1. The molecule has 0 unspecified atom stereocenters. The second-order valence-electron chi connectivity index (χ2n) is 6.43. The summed E-state index contributed by atoms with van der Waals surface area (Å²) in [5, 5.41) is 5.38. The van der Waals surface area contributed by atoms with Crippen LogP contribution in [0.25, 0.3) is 0 Å². The maximum Gasteiger partial charge on any atom is 0.325 e. The number of carbonyl (C=O) groups excluding carboxylic acids is 3. The standard InChI is InChI=1S/C20H20BrN3O4/c1-3-28-16-10-5-4-9-15(16)22-17(25)12-24-18(26)20(2,23-19(24)27)13-7-6-8-14(21)11-13/h4-11H,3,12H2,1-2H3,(H,22,25)(H,23,27)/t20-/m1/s1. The Hall–Kier alpha value is -2.87. The number of amides is 4. The summed E-state index contributed by atoms with van der Waals surface area (Å²) in [4.78, 5) is 38.7. The topological polar surface area (TPSA) is 87.7 Å². The van der Waals surface area contributed by atoms with E-state index in [1.165, 1.54) is 0 Å². The minimum atomic E-state index is -1.23. The molecule has 2 aromatic carbocycles. The lowest BCUT2D eigenvalue weighted by Crippen LogP contribution is -2.42. The van der Waals surface area contributed by atoms with Crippen molar-refractivity contribution in [1.82, 2.24) is 10.2 Å². The van der Waals surface area contributed by atoms with Gasteiger partial charge >= 0.3 is 6.03 Å². The summed E-state index contributed by atoms with van der Waals surface area (Å²) in [6.07, 6.45) is 0. The lowest BCUT2D eigenvalue weighted by atomic mass is 9.92. The molecule has 1 saturated heterocycles. The van der Waals surface area contributed by atoms with Crippen LogP contribution in [0.15, 0.2) is 53.0 Å². The zero-order chi connectivity index (χ0) is 20.3. The molecule has 2 aromatic rings. The Kier molecular flexibility index (Phi) is 5.69. The Bertz CT molecular complexity index is 933. The lowest BCUT2D eigenvalue weighted by Gasteiger charge is -2.22. The maximum atomic E-state index is 12.9. The van der Waals surface area contributed by atoms with Gasteiger partial charge in [-0.15, -0.1) is 0 Å². The summed E-state index contributed by atoms with van der Waals surface area (Å²) in [6, 6.07) is 13.5. The van der Waals surface area contributed by atoms with Crippen molar-refractivity contribution < 1.29 is 19.1 Å². The fraction of sp³-hybridized carbons (Fsp3) is 0.250. The number of para-hydroxylation sites is 2. The number of hydrogen-bond donors (Lipinski definition) is 2. The Balaban J connectivity index is 1.75. The fourth-order valence-electron chi connectivity index (χ4n) is 3.02. The van der Waals surface area contributed by atoms with E-state index in [9.17, 15) is 14.4 Å². The van der Waals surface area contributed by atoms with Crippen molar-refractivity contribution in [3.05, 3.63) is 58.6 Å². The number of nitrogens with one attached hydrogen (secondary N) is 2. The van der Waals surface area contributed by atoms with Gasteiger partial charge in [0.1, 0.15) is 17.8 Å². The van der Waals surface area contributed by atoms with Crippen molar-refractivity contribution >= 4 is 39.5 Å². The van der Waals surface area contributed by atoms with E-state index >= 15 is 0 Å². The van der Waals surface area contributed by atoms with Gasteiger partial charge in [-0.1, -0.05) is 40.2 Å². The molecule has 0 aromatic heterocycles. The van der Waals surface area contributed by atoms with E-state index in [1.54, 1.807) is 49.4 Å². The number of hydrogen-bond acceptors (Lipinski definition) is 4. The number of anilines is 1. The van der Waals surface area contributed by atoms with Gasteiger partial charge < -0.3 is 15.4 Å². The van der Waals surface area contributed by atoms with Crippen LogP contribution in [0.5, 0.6) is 5.75 Å². The van der Waals surface area contributed by atoms with Crippen LogP contribution in [0.4, 0.5) is 10.5 Å². The van der Waals surface area contributed by atoms with Crippen LogP contribution in [0.3, 0.4) is 0 Å². The quantitative estimate of drug-likeness (QED) is 0.667. The molecule has 146 valence electrons. The first-order valence-corrected chi connectivity index (χ1v) is 9.56. The minimum absolute atomic E-state index is 0.394. The SMILES string of the molecule is CCOc1ccccc1NC(=O)CN1C(=O)N[C@](C)(c2cccc(Br)c2)C1=O. The van der Waals surface area contributed by atoms with E-state index in [1.807, 2.05) is 13.0 Å². The van der Waals surface area contributed by atoms with Crippen molar-refractivity contribution in [1.29, 1.82) is 0 Å². The Morgan fingerprint density at radius 2 is 1.96 bits per heavy atom. The molecule has 0 aliphatic carbocycles. The summed E-state index contributed by atoms with van der Waals surface area (Å²) < 4.78 is 6.26. The van der Waals surface area contributed by atoms with E-state index in [0.29, 0.717) is 23.6 Å². The molecule has 28 heavy (non-hydrogen) atoms. The highest BCUT2D eigenvalue weighted by molar-refractivity contribution is 9.10. The highest BCUT2D eigenvalue weighted by Gasteiger charge is 2.49. The first-order valence-electron chi connectivity index (χ1n) is 8.77. The largest absolute Gasteiger partial charge is 0.492 e. The monoisotopic (exact) mass is 445 g/mol. The Morgan fingerprint density at radius 3 is 2.68 bits per heavy atom. The van der Waals surface area contributed by atoms with Crippen LogP contribution in [0.2, 0.25) is 0 Å². The number of halogens is 1. The lowest BCUT2D eigenvalue weighted by molar-refractivity contribution is -0.133. The molecule has 0 saturated carbocycles. The first-order chi connectivity index (χ1) is 13.3. The van der Waals surface area contributed by atoms with Crippen LogP contribution in [-0.4, -0.2) is 35.9 Å². The van der Waals surface area contributed by atoms with E-state index in [-0.39, 0.29) is 0 Å². The maximum absolute atomic E-state index is 12.9. The zero-order valence-electron chi connectivity index (χ0n) is 15.5. The predicted octanol–water partition coefficient (Wildman–Crippen LogP) is 3.25. The van der Waals surface area contributed by atoms with E-state index in [0.717, 1.165) is 9.37 Å². The van der Waals surface area contributed by atoms with Crippen molar-refractivity contribution in [2.45, 2.75) is 19.4 Å². The Morgan fingerprint density at radius 1 is 1.21 bits per heavy atom. The average Bonchev–Trinajstić information content (AvgIpc) is 2.88. The van der Waals surface area contributed by atoms with E-state index in [2.05, 4.69) is 26.6 Å². The number of benzene rings is 2. The normalized spacial score (nSPS) is 18.8. The summed E-state index contributed by atoms with van der Waals surface area (Å²) in [5.74, 6) is -0.451. The number of urea groups is 1. The summed E-state index contributed by atoms with van der Waals surface area (Å²) >= 11 is 3.37. The summed E-state index contributed by atoms with van der Waals surface area (Å²) in [7, 11) is 0. The molecule has 2 N–H and O–H groups in total. The van der Waals surface area contributed by atoms with Crippen LogP contribution >= 0.6 is 15.9 Å². The smallest absolute Gasteiger partial charge is 0.325 e. The van der Waals surface area contributed by atoms with Gasteiger partial charge in [0.15, 0.2) is 0 Å². The Labute approximate surface area is 171 Å². The molecular weight excluding hydrogens is 426 g/mol. The third-order valence-corrected chi connectivity index (χ3v) is 4.93.